The van der Waals surface area contributed by atoms with Crippen LogP contribution in [0.4, 0.5) is 0 Å². The van der Waals surface area contributed by atoms with Crippen molar-refractivity contribution in [2.45, 2.75) is 65.0 Å². The van der Waals surface area contributed by atoms with Gasteiger partial charge in [0.25, 0.3) is 0 Å². The molecule has 0 aliphatic heterocycles. The van der Waals surface area contributed by atoms with Crippen LogP contribution in [0, 0.1) is 12.8 Å². The standard InChI is InChI=1S/C14H24N2S/c1-10-5-4-6-13(8-7-10)16-12(3)14-15-11(2)9-17-14/h9-10,12-13,16H,4-8H2,1-3H3. The van der Waals surface area contributed by atoms with E-state index in [0.717, 1.165) is 11.6 Å². The van der Waals surface area contributed by atoms with E-state index >= 15 is 0 Å². The Bertz CT molecular complexity index is 348. The third-order valence-electron chi connectivity index (χ3n) is 3.75. The number of rotatable bonds is 3. The van der Waals surface area contributed by atoms with Crippen molar-refractivity contribution in [1.82, 2.24) is 10.3 Å². The Balaban J connectivity index is 1.87. The zero-order valence-electron chi connectivity index (χ0n) is 11.2. The van der Waals surface area contributed by atoms with Crippen LogP contribution >= 0.6 is 11.3 Å². The predicted octanol–water partition coefficient (Wildman–Crippen LogP) is 4.07. The van der Waals surface area contributed by atoms with Gasteiger partial charge >= 0.3 is 0 Å². The van der Waals surface area contributed by atoms with Crippen LogP contribution in [0.15, 0.2) is 5.38 Å². The topological polar surface area (TPSA) is 24.9 Å². The number of aromatic nitrogens is 1. The molecule has 17 heavy (non-hydrogen) atoms. The van der Waals surface area contributed by atoms with Gasteiger partial charge < -0.3 is 5.32 Å². The van der Waals surface area contributed by atoms with Crippen molar-refractivity contribution in [2.75, 3.05) is 0 Å². The van der Waals surface area contributed by atoms with E-state index < -0.39 is 0 Å². The molecular weight excluding hydrogens is 228 g/mol. The zero-order chi connectivity index (χ0) is 12.3. The van der Waals surface area contributed by atoms with E-state index in [4.69, 9.17) is 0 Å². The zero-order valence-corrected chi connectivity index (χ0v) is 12.0. The summed E-state index contributed by atoms with van der Waals surface area (Å²) in [7, 11) is 0. The van der Waals surface area contributed by atoms with Gasteiger partial charge in [0, 0.05) is 17.1 Å². The van der Waals surface area contributed by atoms with Crippen molar-refractivity contribution in [1.29, 1.82) is 0 Å². The van der Waals surface area contributed by atoms with Crippen LogP contribution < -0.4 is 5.32 Å². The van der Waals surface area contributed by atoms with Crippen molar-refractivity contribution in [3.05, 3.63) is 16.1 Å². The van der Waals surface area contributed by atoms with Gasteiger partial charge in [0.1, 0.15) is 5.01 Å². The van der Waals surface area contributed by atoms with Crippen LogP contribution in [0.2, 0.25) is 0 Å². The first-order chi connectivity index (χ1) is 8.15. The van der Waals surface area contributed by atoms with Crippen molar-refractivity contribution >= 4 is 11.3 Å². The average molecular weight is 252 g/mol. The highest BCUT2D eigenvalue weighted by Gasteiger charge is 2.19. The number of hydrogen-bond donors (Lipinski definition) is 1. The van der Waals surface area contributed by atoms with Crippen molar-refractivity contribution < 1.29 is 0 Å². The molecule has 2 nitrogen and oxygen atoms in total. The fourth-order valence-corrected chi connectivity index (χ4v) is 3.46. The highest BCUT2D eigenvalue weighted by molar-refractivity contribution is 7.09. The molecule has 1 fully saturated rings. The van der Waals surface area contributed by atoms with Crippen molar-refractivity contribution in [2.24, 2.45) is 5.92 Å². The first-order valence-electron chi connectivity index (χ1n) is 6.83. The number of thiazole rings is 1. The first-order valence-corrected chi connectivity index (χ1v) is 7.71. The molecule has 1 saturated carbocycles. The Morgan fingerprint density at radius 3 is 2.88 bits per heavy atom. The van der Waals surface area contributed by atoms with E-state index in [1.165, 1.54) is 37.1 Å². The summed E-state index contributed by atoms with van der Waals surface area (Å²) in [6, 6.07) is 1.10. The minimum atomic E-state index is 0.409. The molecule has 0 amide bonds. The summed E-state index contributed by atoms with van der Waals surface area (Å²) in [5.41, 5.74) is 1.15. The second kappa shape index (κ2) is 5.96. The van der Waals surface area contributed by atoms with E-state index in [1.54, 1.807) is 11.3 Å². The second-order valence-corrected chi connectivity index (χ2v) is 6.42. The summed E-state index contributed by atoms with van der Waals surface area (Å²) in [6.45, 7) is 6.70. The fourth-order valence-electron chi connectivity index (χ4n) is 2.65. The van der Waals surface area contributed by atoms with Crippen LogP contribution in [0.25, 0.3) is 0 Å². The van der Waals surface area contributed by atoms with Crippen LogP contribution in [0.1, 0.15) is 62.7 Å². The molecule has 96 valence electrons. The molecule has 1 aromatic heterocycles. The minimum absolute atomic E-state index is 0.409. The summed E-state index contributed by atoms with van der Waals surface area (Å²) in [5, 5.41) is 7.13. The van der Waals surface area contributed by atoms with E-state index in [1.807, 2.05) is 0 Å². The molecule has 1 heterocycles. The van der Waals surface area contributed by atoms with E-state index in [9.17, 15) is 0 Å². The maximum Gasteiger partial charge on any atom is 0.110 e. The first kappa shape index (κ1) is 13.0. The molecule has 1 N–H and O–H groups in total. The summed E-state index contributed by atoms with van der Waals surface area (Å²) < 4.78 is 0. The van der Waals surface area contributed by atoms with Gasteiger partial charge in [-0.25, -0.2) is 4.98 Å². The monoisotopic (exact) mass is 252 g/mol. The highest BCUT2D eigenvalue weighted by atomic mass is 32.1. The Morgan fingerprint density at radius 2 is 2.18 bits per heavy atom. The lowest BCUT2D eigenvalue weighted by atomic mass is 10.0. The largest absolute Gasteiger partial charge is 0.305 e. The van der Waals surface area contributed by atoms with Crippen LogP contribution in [-0.4, -0.2) is 11.0 Å². The molecule has 0 saturated heterocycles. The summed E-state index contributed by atoms with van der Waals surface area (Å²) in [4.78, 5) is 4.57. The summed E-state index contributed by atoms with van der Waals surface area (Å²) in [6.07, 6.45) is 6.82. The lowest BCUT2D eigenvalue weighted by Gasteiger charge is -2.20. The van der Waals surface area contributed by atoms with Gasteiger partial charge in [0.2, 0.25) is 0 Å². The predicted molar refractivity (Wildman–Crippen MR) is 74.4 cm³/mol. The normalized spacial score (nSPS) is 27.7. The number of nitrogens with one attached hydrogen (secondary N) is 1. The minimum Gasteiger partial charge on any atom is -0.305 e. The van der Waals surface area contributed by atoms with Crippen molar-refractivity contribution in [3.8, 4) is 0 Å². The Hall–Kier alpha value is -0.410. The van der Waals surface area contributed by atoms with Gasteiger partial charge in [0.05, 0.1) is 6.04 Å². The average Bonchev–Trinajstić information content (AvgIpc) is 2.62. The van der Waals surface area contributed by atoms with E-state index in [0.29, 0.717) is 12.1 Å². The highest BCUT2D eigenvalue weighted by Crippen LogP contribution is 2.25. The second-order valence-electron chi connectivity index (χ2n) is 5.53. The molecule has 0 radical (unpaired) electrons. The van der Waals surface area contributed by atoms with Gasteiger partial charge in [-0.15, -0.1) is 11.3 Å². The van der Waals surface area contributed by atoms with Crippen LogP contribution in [-0.2, 0) is 0 Å². The van der Waals surface area contributed by atoms with Crippen molar-refractivity contribution in [3.63, 3.8) is 0 Å². The molecule has 0 spiro atoms. The number of aryl methyl sites for hydroxylation is 1. The lowest BCUT2D eigenvalue weighted by molar-refractivity contribution is 0.407. The van der Waals surface area contributed by atoms with E-state index in [-0.39, 0.29) is 0 Å². The molecule has 0 bridgehead atoms. The van der Waals surface area contributed by atoms with Crippen LogP contribution in [0.5, 0.6) is 0 Å². The molecule has 1 aromatic rings. The molecule has 3 heteroatoms. The maximum atomic E-state index is 4.57. The molecule has 2 rings (SSSR count). The Labute approximate surface area is 109 Å². The van der Waals surface area contributed by atoms with Gasteiger partial charge in [-0.2, -0.15) is 0 Å². The summed E-state index contributed by atoms with van der Waals surface area (Å²) in [5.74, 6) is 0.916. The maximum absolute atomic E-state index is 4.57. The lowest BCUT2D eigenvalue weighted by Crippen LogP contribution is -2.31. The molecule has 3 unspecified atom stereocenters. The Morgan fingerprint density at radius 1 is 1.35 bits per heavy atom. The SMILES string of the molecule is Cc1csc(C(C)NC2CCCC(C)CC2)n1. The van der Waals surface area contributed by atoms with E-state index in [2.05, 4.69) is 36.5 Å². The van der Waals surface area contributed by atoms with Gasteiger partial charge in [-0.05, 0) is 39.0 Å². The molecule has 1 aliphatic carbocycles. The smallest absolute Gasteiger partial charge is 0.110 e. The Kier molecular flexibility index (Phi) is 4.57. The summed E-state index contributed by atoms with van der Waals surface area (Å²) >= 11 is 1.78. The fraction of sp³-hybridized carbons (Fsp3) is 0.786. The van der Waals surface area contributed by atoms with Gasteiger partial charge in [0.15, 0.2) is 0 Å². The number of nitrogens with zero attached hydrogens (tertiary/aromatic N) is 1. The van der Waals surface area contributed by atoms with Gasteiger partial charge in [-0.3, -0.25) is 0 Å². The van der Waals surface area contributed by atoms with Gasteiger partial charge in [-0.1, -0.05) is 19.8 Å². The molecular formula is C14H24N2S. The quantitative estimate of drug-likeness (QED) is 0.820. The van der Waals surface area contributed by atoms with Crippen LogP contribution in [0.3, 0.4) is 0 Å². The molecule has 3 atom stereocenters. The molecule has 0 aromatic carbocycles. The molecule has 1 aliphatic rings. The third-order valence-corrected chi connectivity index (χ3v) is 4.90. The number of hydrogen-bond acceptors (Lipinski definition) is 3. The third kappa shape index (κ3) is 3.78.